The summed E-state index contributed by atoms with van der Waals surface area (Å²) in [7, 11) is 0. The van der Waals surface area contributed by atoms with E-state index in [2.05, 4.69) is 22.1 Å². The zero-order chi connectivity index (χ0) is 11.5. The molecule has 1 heterocycles. The predicted molar refractivity (Wildman–Crippen MR) is 63.4 cm³/mol. The fourth-order valence-electron chi connectivity index (χ4n) is 1.36. The molecule has 16 heavy (non-hydrogen) atoms. The van der Waals surface area contributed by atoms with Gasteiger partial charge in [-0.3, -0.25) is 9.89 Å². The van der Waals surface area contributed by atoms with Gasteiger partial charge < -0.3 is 5.32 Å². The summed E-state index contributed by atoms with van der Waals surface area (Å²) in [4.78, 5) is 11.7. The number of aromatic nitrogens is 2. The second kappa shape index (κ2) is 4.37. The molecule has 1 amide bonds. The molecule has 0 spiro atoms. The zero-order valence-corrected chi connectivity index (χ0v) is 9.21. The number of rotatable bonds is 3. The summed E-state index contributed by atoms with van der Waals surface area (Å²) in [5.74, 6) is -0.182. The number of aromatic amines is 1. The number of fused-ring (bicyclic) bond motifs is 1. The van der Waals surface area contributed by atoms with E-state index in [9.17, 15) is 4.79 Å². The molecular weight excluding hydrogens is 226 g/mol. The third-order valence-corrected chi connectivity index (χ3v) is 2.28. The first-order chi connectivity index (χ1) is 7.66. The van der Waals surface area contributed by atoms with Gasteiger partial charge in [-0.2, -0.15) is 5.10 Å². The van der Waals surface area contributed by atoms with E-state index >= 15 is 0 Å². The molecule has 0 saturated carbocycles. The lowest BCUT2D eigenvalue weighted by Gasteiger charge is -2.03. The minimum absolute atomic E-state index is 0.182. The van der Waals surface area contributed by atoms with Gasteiger partial charge in [0, 0.05) is 16.0 Å². The predicted octanol–water partition coefficient (Wildman–Crippen LogP) is 2.05. The fourth-order valence-corrected chi connectivity index (χ4v) is 1.42. The molecule has 0 aliphatic carbocycles. The van der Waals surface area contributed by atoms with Crippen molar-refractivity contribution in [3.05, 3.63) is 41.6 Å². The van der Waals surface area contributed by atoms with Crippen LogP contribution in [0.4, 0.5) is 0 Å². The number of nitrogens with one attached hydrogen (secondary N) is 2. The average Bonchev–Trinajstić information content (AvgIpc) is 2.72. The van der Waals surface area contributed by atoms with Crippen molar-refractivity contribution in [3.63, 3.8) is 0 Å². The van der Waals surface area contributed by atoms with Crippen molar-refractivity contribution in [1.29, 1.82) is 0 Å². The topological polar surface area (TPSA) is 57.8 Å². The molecule has 1 aromatic heterocycles. The summed E-state index contributed by atoms with van der Waals surface area (Å²) in [5, 5.41) is 10.7. The van der Waals surface area contributed by atoms with Crippen molar-refractivity contribution in [1.82, 2.24) is 15.5 Å². The smallest absolute Gasteiger partial charge is 0.251 e. The molecule has 0 unspecified atom stereocenters. The molecule has 5 heteroatoms. The largest absolute Gasteiger partial charge is 0.347 e. The summed E-state index contributed by atoms with van der Waals surface area (Å²) in [6.45, 7) is 3.76. The highest BCUT2D eigenvalue weighted by molar-refractivity contribution is 6.29. The van der Waals surface area contributed by atoms with Crippen molar-refractivity contribution < 1.29 is 4.79 Å². The minimum atomic E-state index is -0.182. The number of benzene rings is 1. The van der Waals surface area contributed by atoms with Gasteiger partial charge in [0.2, 0.25) is 0 Å². The molecule has 0 bridgehead atoms. The number of carbonyl (C=O) groups is 1. The maximum Gasteiger partial charge on any atom is 0.251 e. The van der Waals surface area contributed by atoms with E-state index in [1.807, 2.05) is 6.07 Å². The number of halogens is 1. The molecule has 2 N–H and O–H groups in total. The van der Waals surface area contributed by atoms with E-state index in [4.69, 9.17) is 11.6 Å². The van der Waals surface area contributed by atoms with E-state index in [1.165, 1.54) is 0 Å². The first-order valence-electron chi connectivity index (χ1n) is 4.71. The molecular formula is C11H10ClN3O. The summed E-state index contributed by atoms with van der Waals surface area (Å²) in [5.41, 5.74) is 1.40. The van der Waals surface area contributed by atoms with Crippen LogP contribution in [0.15, 0.2) is 36.0 Å². The Kier molecular flexibility index (Phi) is 2.92. The molecule has 0 atom stereocenters. The Hall–Kier alpha value is -1.81. The standard InChI is InChI=1S/C11H10ClN3O/c1-7(12)5-13-11(16)8-2-3-9-6-14-15-10(9)4-8/h2-4,6H,1,5H2,(H,13,16)(H,14,15). The second-order valence-corrected chi connectivity index (χ2v) is 3.91. The van der Waals surface area contributed by atoms with Crippen LogP contribution in [0.25, 0.3) is 10.9 Å². The van der Waals surface area contributed by atoms with E-state index in [-0.39, 0.29) is 12.5 Å². The van der Waals surface area contributed by atoms with Gasteiger partial charge in [0.05, 0.1) is 18.3 Å². The number of amides is 1. The van der Waals surface area contributed by atoms with Crippen LogP contribution in [0.3, 0.4) is 0 Å². The molecule has 2 rings (SSSR count). The quantitative estimate of drug-likeness (QED) is 0.856. The number of nitrogens with zero attached hydrogens (tertiary/aromatic N) is 1. The summed E-state index contributed by atoms with van der Waals surface area (Å²) < 4.78 is 0. The fraction of sp³-hybridized carbons (Fsp3) is 0.0909. The molecule has 0 aliphatic heterocycles. The van der Waals surface area contributed by atoms with Crippen molar-refractivity contribution >= 4 is 28.4 Å². The average molecular weight is 236 g/mol. The van der Waals surface area contributed by atoms with Crippen molar-refractivity contribution in [3.8, 4) is 0 Å². The Balaban J connectivity index is 2.19. The SMILES string of the molecule is C=C(Cl)CNC(=O)c1ccc2cn[nH]c2c1. The Labute approximate surface area is 97.3 Å². The van der Waals surface area contributed by atoms with Crippen LogP contribution in [0, 0.1) is 0 Å². The van der Waals surface area contributed by atoms with Gasteiger partial charge in [-0.05, 0) is 12.1 Å². The zero-order valence-electron chi connectivity index (χ0n) is 8.46. The number of H-pyrrole nitrogens is 1. The van der Waals surface area contributed by atoms with Crippen LogP contribution in [-0.2, 0) is 0 Å². The van der Waals surface area contributed by atoms with Crippen LogP contribution in [-0.4, -0.2) is 22.6 Å². The van der Waals surface area contributed by atoms with Crippen LogP contribution in [0.5, 0.6) is 0 Å². The highest BCUT2D eigenvalue weighted by Crippen LogP contribution is 2.12. The molecule has 2 aromatic rings. The van der Waals surface area contributed by atoms with Gasteiger partial charge in [-0.15, -0.1) is 0 Å². The maximum atomic E-state index is 11.7. The Morgan fingerprint density at radius 2 is 2.38 bits per heavy atom. The van der Waals surface area contributed by atoms with E-state index in [0.29, 0.717) is 10.6 Å². The van der Waals surface area contributed by atoms with Gasteiger partial charge in [0.15, 0.2) is 0 Å². The van der Waals surface area contributed by atoms with Gasteiger partial charge in [0.25, 0.3) is 5.91 Å². The summed E-state index contributed by atoms with van der Waals surface area (Å²) in [6, 6.07) is 5.32. The lowest BCUT2D eigenvalue weighted by Crippen LogP contribution is -2.24. The molecule has 82 valence electrons. The number of hydrogen-bond donors (Lipinski definition) is 2. The van der Waals surface area contributed by atoms with Gasteiger partial charge in [0.1, 0.15) is 0 Å². The van der Waals surface area contributed by atoms with Crippen LogP contribution < -0.4 is 5.32 Å². The lowest BCUT2D eigenvalue weighted by molar-refractivity contribution is 0.0958. The summed E-state index contributed by atoms with van der Waals surface area (Å²) >= 11 is 5.56. The van der Waals surface area contributed by atoms with Crippen LogP contribution in [0.2, 0.25) is 0 Å². The first kappa shape index (κ1) is 10.7. The Morgan fingerprint density at radius 1 is 1.56 bits per heavy atom. The van der Waals surface area contributed by atoms with E-state index in [0.717, 1.165) is 10.9 Å². The lowest BCUT2D eigenvalue weighted by atomic mass is 10.1. The Morgan fingerprint density at radius 3 is 3.12 bits per heavy atom. The maximum absolute atomic E-state index is 11.7. The van der Waals surface area contributed by atoms with Crippen LogP contribution in [0.1, 0.15) is 10.4 Å². The monoisotopic (exact) mass is 235 g/mol. The molecule has 1 aromatic carbocycles. The molecule has 4 nitrogen and oxygen atoms in total. The third-order valence-electron chi connectivity index (χ3n) is 2.14. The van der Waals surface area contributed by atoms with E-state index < -0.39 is 0 Å². The van der Waals surface area contributed by atoms with E-state index in [1.54, 1.807) is 18.3 Å². The Bertz CT molecular complexity index is 547. The first-order valence-corrected chi connectivity index (χ1v) is 5.09. The number of hydrogen-bond acceptors (Lipinski definition) is 2. The minimum Gasteiger partial charge on any atom is -0.347 e. The van der Waals surface area contributed by atoms with Gasteiger partial charge >= 0.3 is 0 Å². The molecule has 0 aliphatic rings. The van der Waals surface area contributed by atoms with Crippen LogP contribution >= 0.6 is 11.6 Å². The third kappa shape index (κ3) is 2.23. The van der Waals surface area contributed by atoms with Gasteiger partial charge in [-0.25, -0.2) is 0 Å². The van der Waals surface area contributed by atoms with Crippen molar-refractivity contribution in [2.45, 2.75) is 0 Å². The van der Waals surface area contributed by atoms with Crippen molar-refractivity contribution in [2.24, 2.45) is 0 Å². The normalized spacial score (nSPS) is 10.3. The van der Waals surface area contributed by atoms with Crippen molar-refractivity contribution in [2.75, 3.05) is 6.54 Å². The molecule has 0 fully saturated rings. The number of carbonyl (C=O) groups excluding carboxylic acids is 1. The molecule has 0 saturated heterocycles. The second-order valence-electron chi connectivity index (χ2n) is 3.37. The summed E-state index contributed by atoms with van der Waals surface area (Å²) in [6.07, 6.45) is 1.71. The molecule has 0 radical (unpaired) electrons. The highest BCUT2D eigenvalue weighted by atomic mass is 35.5. The highest BCUT2D eigenvalue weighted by Gasteiger charge is 2.06. The van der Waals surface area contributed by atoms with Gasteiger partial charge in [-0.1, -0.05) is 24.2 Å².